The van der Waals surface area contributed by atoms with Gasteiger partial charge in [-0.1, -0.05) is 91.0 Å². The Kier molecular flexibility index (Phi) is 5.95. The zero-order chi connectivity index (χ0) is 21.8. The third-order valence-corrected chi connectivity index (χ3v) is 6.01. The van der Waals surface area contributed by atoms with Gasteiger partial charge in [-0.05, 0) is 73.7 Å². The van der Waals surface area contributed by atoms with Gasteiger partial charge in [0.15, 0.2) is 0 Å². The molecule has 0 atom stereocenters. The van der Waals surface area contributed by atoms with E-state index in [1.807, 2.05) is 0 Å². The van der Waals surface area contributed by atoms with E-state index in [0.29, 0.717) is 6.04 Å². The summed E-state index contributed by atoms with van der Waals surface area (Å²) in [6, 6.07) is 39.5. The molecule has 0 aromatic heterocycles. The molecule has 0 fully saturated rings. The highest BCUT2D eigenvalue weighted by atomic mass is 15.2. The zero-order valence-corrected chi connectivity index (χ0v) is 18.9. The van der Waals surface area contributed by atoms with Crippen molar-refractivity contribution in [2.45, 2.75) is 39.3 Å². The lowest BCUT2D eigenvalue weighted by Crippen LogP contribution is -2.46. The van der Waals surface area contributed by atoms with Gasteiger partial charge in [0, 0.05) is 11.7 Å². The van der Waals surface area contributed by atoms with Crippen molar-refractivity contribution in [1.82, 2.24) is 0 Å². The maximum absolute atomic E-state index is 2.54. The molecule has 4 aromatic rings. The smallest absolute Gasteiger partial charge is 0.0600 e. The third kappa shape index (κ3) is 4.41. The fraction of sp³-hybridized carbons (Fsp3) is 0.200. The third-order valence-electron chi connectivity index (χ3n) is 6.01. The molecule has 0 spiro atoms. The minimum atomic E-state index is -0.154. The van der Waals surface area contributed by atoms with E-state index in [4.69, 9.17) is 0 Å². The molecule has 156 valence electrons. The summed E-state index contributed by atoms with van der Waals surface area (Å²) in [5, 5.41) is 0. The first-order valence-corrected chi connectivity index (χ1v) is 11.1. The largest absolute Gasteiger partial charge is 0.360 e. The van der Waals surface area contributed by atoms with Gasteiger partial charge in [0.05, 0.1) is 5.54 Å². The molecule has 0 radical (unpaired) electrons. The maximum Gasteiger partial charge on any atom is 0.0600 e. The first-order chi connectivity index (χ1) is 15.0. The molecule has 31 heavy (non-hydrogen) atoms. The number of benzene rings is 4. The van der Waals surface area contributed by atoms with Gasteiger partial charge in [-0.3, -0.25) is 0 Å². The molecule has 0 amide bonds. The summed E-state index contributed by atoms with van der Waals surface area (Å²) in [6.07, 6.45) is 0. The summed E-state index contributed by atoms with van der Waals surface area (Å²) < 4.78 is 0. The van der Waals surface area contributed by atoms with Crippen LogP contribution in [0.3, 0.4) is 0 Å². The highest BCUT2D eigenvalue weighted by molar-refractivity contribution is 5.79. The van der Waals surface area contributed by atoms with Crippen molar-refractivity contribution in [3.63, 3.8) is 0 Å². The first kappa shape index (κ1) is 20.9. The van der Waals surface area contributed by atoms with Gasteiger partial charge >= 0.3 is 0 Å². The SMILES string of the molecule is CC(C)N(c1cc(-c2ccccc2)cc(-c2ccccc2)c1)C(C)(C)c1ccccc1. The van der Waals surface area contributed by atoms with Crippen molar-refractivity contribution in [2.75, 3.05) is 4.90 Å². The van der Waals surface area contributed by atoms with Crippen molar-refractivity contribution < 1.29 is 0 Å². The van der Waals surface area contributed by atoms with Gasteiger partial charge in [-0.25, -0.2) is 0 Å². The standard InChI is InChI=1S/C30H31N/c1-23(2)31(30(3,4)28-18-12-7-13-19-28)29-21-26(24-14-8-5-9-15-24)20-27(22-29)25-16-10-6-11-17-25/h5-23H,1-4H3. The Morgan fingerprint density at radius 2 is 0.968 bits per heavy atom. The van der Waals surface area contributed by atoms with Crippen LogP contribution in [0.4, 0.5) is 5.69 Å². The van der Waals surface area contributed by atoms with Crippen LogP contribution in [0.25, 0.3) is 22.3 Å². The van der Waals surface area contributed by atoms with Crippen LogP contribution in [0.1, 0.15) is 33.3 Å². The second-order valence-corrected chi connectivity index (χ2v) is 8.89. The van der Waals surface area contributed by atoms with Crippen LogP contribution >= 0.6 is 0 Å². The molecular formula is C30H31N. The number of anilines is 1. The Morgan fingerprint density at radius 1 is 0.548 bits per heavy atom. The summed E-state index contributed by atoms with van der Waals surface area (Å²) >= 11 is 0. The Bertz CT molecular complexity index is 1060. The lowest BCUT2D eigenvalue weighted by molar-refractivity contribution is 0.445. The van der Waals surface area contributed by atoms with Gasteiger partial charge < -0.3 is 4.90 Å². The second-order valence-electron chi connectivity index (χ2n) is 8.89. The minimum Gasteiger partial charge on any atom is -0.360 e. The summed E-state index contributed by atoms with van der Waals surface area (Å²) in [6.45, 7) is 9.20. The highest BCUT2D eigenvalue weighted by Crippen LogP contribution is 2.39. The lowest BCUT2D eigenvalue weighted by Gasteiger charge is -2.44. The summed E-state index contributed by atoms with van der Waals surface area (Å²) in [5.41, 5.74) is 7.36. The van der Waals surface area contributed by atoms with Gasteiger partial charge in [0.1, 0.15) is 0 Å². The van der Waals surface area contributed by atoms with E-state index in [9.17, 15) is 0 Å². The van der Waals surface area contributed by atoms with E-state index in [2.05, 4.69) is 142 Å². The summed E-state index contributed by atoms with van der Waals surface area (Å²) in [5.74, 6) is 0. The normalized spacial score (nSPS) is 11.5. The molecule has 0 heterocycles. The Balaban J connectivity index is 1.91. The van der Waals surface area contributed by atoms with Crippen LogP contribution in [0.5, 0.6) is 0 Å². The molecule has 0 N–H and O–H groups in total. The van der Waals surface area contributed by atoms with E-state index in [-0.39, 0.29) is 5.54 Å². The Labute approximate surface area is 187 Å². The number of hydrogen-bond donors (Lipinski definition) is 0. The monoisotopic (exact) mass is 405 g/mol. The van der Waals surface area contributed by atoms with E-state index in [0.717, 1.165) is 0 Å². The average Bonchev–Trinajstić information content (AvgIpc) is 2.80. The predicted molar refractivity (Wildman–Crippen MR) is 134 cm³/mol. The van der Waals surface area contributed by atoms with E-state index < -0.39 is 0 Å². The molecule has 1 heteroatoms. The number of nitrogens with zero attached hydrogens (tertiary/aromatic N) is 1. The van der Waals surface area contributed by atoms with Crippen molar-refractivity contribution in [2.24, 2.45) is 0 Å². The number of hydrogen-bond acceptors (Lipinski definition) is 1. The Hall–Kier alpha value is -3.32. The van der Waals surface area contributed by atoms with Gasteiger partial charge in [-0.2, -0.15) is 0 Å². The zero-order valence-electron chi connectivity index (χ0n) is 18.9. The molecule has 4 rings (SSSR count). The molecule has 0 saturated heterocycles. The van der Waals surface area contributed by atoms with Crippen molar-refractivity contribution in [3.05, 3.63) is 115 Å². The second kappa shape index (κ2) is 8.81. The fourth-order valence-electron chi connectivity index (χ4n) is 4.60. The van der Waals surface area contributed by atoms with Gasteiger partial charge in [0.2, 0.25) is 0 Å². The average molecular weight is 406 g/mol. The van der Waals surface area contributed by atoms with Crippen LogP contribution < -0.4 is 4.90 Å². The molecule has 1 nitrogen and oxygen atoms in total. The lowest BCUT2D eigenvalue weighted by atomic mass is 9.89. The molecule has 0 saturated carbocycles. The van der Waals surface area contributed by atoms with Crippen molar-refractivity contribution in [1.29, 1.82) is 0 Å². The van der Waals surface area contributed by atoms with Crippen molar-refractivity contribution >= 4 is 5.69 Å². The van der Waals surface area contributed by atoms with Crippen LogP contribution in [-0.4, -0.2) is 6.04 Å². The molecule has 4 aromatic carbocycles. The van der Waals surface area contributed by atoms with Crippen LogP contribution in [0, 0.1) is 0 Å². The molecule has 0 aliphatic carbocycles. The molecule has 0 unspecified atom stereocenters. The summed E-state index contributed by atoms with van der Waals surface area (Å²) in [7, 11) is 0. The van der Waals surface area contributed by atoms with Crippen molar-refractivity contribution in [3.8, 4) is 22.3 Å². The topological polar surface area (TPSA) is 3.24 Å². The van der Waals surface area contributed by atoms with Crippen LogP contribution in [0.2, 0.25) is 0 Å². The molecule has 0 aliphatic heterocycles. The van der Waals surface area contributed by atoms with Crippen LogP contribution in [0.15, 0.2) is 109 Å². The summed E-state index contributed by atoms with van der Waals surface area (Å²) in [4.78, 5) is 2.54. The molecular weight excluding hydrogens is 374 g/mol. The molecule has 0 bridgehead atoms. The highest BCUT2D eigenvalue weighted by Gasteiger charge is 2.31. The van der Waals surface area contributed by atoms with E-state index >= 15 is 0 Å². The first-order valence-electron chi connectivity index (χ1n) is 11.1. The molecule has 0 aliphatic rings. The van der Waals surface area contributed by atoms with E-state index in [1.165, 1.54) is 33.5 Å². The maximum atomic E-state index is 2.54. The van der Waals surface area contributed by atoms with E-state index in [1.54, 1.807) is 0 Å². The fourth-order valence-corrected chi connectivity index (χ4v) is 4.60. The van der Waals surface area contributed by atoms with Gasteiger partial charge in [0.25, 0.3) is 0 Å². The quantitative estimate of drug-likeness (QED) is 0.313. The Morgan fingerprint density at radius 3 is 1.39 bits per heavy atom. The minimum absolute atomic E-state index is 0.154. The van der Waals surface area contributed by atoms with Crippen LogP contribution in [-0.2, 0) is 5.54 Å². The number of rotatable bonds is 6. The predicted octanol–water partition coefficient (Wildman–Crippen LogP) is 8.17. The van der Waals surface area contributed by atoms with Gasteiger partial charge in [-0.15, -0.1) is 0 Å².